The van der Waals surface area contributed by atoms with Crippen molar-refractivity contribution < 1.29 is 0 Å². The number of hydrogen-bond acceptors (Lipinski definition) is 2. The van der Waals surface area contributed by atoms with Crippen LogP contribution in [-0.4, -0.2) is 9.78 Å². The van der Waals surface area contributed by atoms with E-state index < -0.39 is 0 Å². The highest BCUT2D eigenvalue weighted by atomic mass is 15.3. The first-order valence-corrected chi connectivity index (χ1v) is 6.01. The molecule has 1 rings (SSSR count). The summed E-state index contributed by atoms with van der Waals surface area (Å²) < 4.78 is 2.03. The molecule has 0 aliphatic carbocycles. The monoisotopic (exact) mass is 209 g/mol. The molecule has 1 aromatic heterocycles. The van der Waals surface area contributed by atoms with Crippen molar-refractivity contribution in [1.29, 1.82) is 0 Å². The highest BCUT2D eigenvalue weighted by molar-refractivity contribution is 5.14. The lowest BCUT2D eigenvalue weighted by atomic mass is 10.1. The van der Waals surface area contributed by atoms with Crippen molar-refractivity contribution >= 4 is 0 Å². The highest BCUT2D eigenvalue weighted by Crippen LogP contribution is 2.07. The molecule has 86 valence electrons. The van der Waals surface area contributed by atoms with E-state index in [0.717, 1.165) is 12.2 Å². The first-order valence-electron chi connectivity index (χ1n) is 6.01. The second-order valence-corrected chi connectivity index (χ2v) is 4.12. The second kappa shape index (κ2) is 6.62. The number of nitrogens with zero attached hydrogens (tertiary/aromatic N) is 2. The van der Waals surface area contributed by atoms with Gasteiger partial charge >= 0.3 is 0 Å². The fourth-order valence-electron chi connectivity index (χ4n) is 1.75. The van der Waals surface area contributed by atoms with E-state index in [0.29, 0.717) is 6.54 Å². The molecule has 1 aromatic rings. The number of rotatable bonds is 7. The van der Waals surface area contributed by atoms with E-state index in [9.17, 15) is 0 Å². The topological polar surface area (TPSA) is 43.8 Å². The summed E-state index contributed by atoms with van der Waals surface area (Å²) in [6.07, 6.45) is 8.62. The van der Waals surface area contributed by atoms with Crippen LogP contribution in [0.25, 0.3) is 0 Å². The van der Waals surface area contributed by atoms with Crippen molar-refractivity contribution in [2.75, 3.05) is 0 Å². The predicted octanol–water partition coefficient (Wildman–Crippen LogP) is 2.62. The molecule has 15 heavy (non-hydrogen) atoms. The lowest BCUT2D eigenvalue weighted by Crippen LogP contribution is -1.98. The van der Waals surface area contributed by atoms with Gasteiger partial charge in [0.05, 0.1) is 5.69 Å². The van der Waals surface area contributed by atoms with Gasteiger partial charge in [0.25, 0.3) is 0 Å². The number of nitrogens with two attached hydrogens (primary N) is 1. The number of aryl methyl sites for hydroxylation is 2. The molecular weight excluding hydrogens is 186 g/mol. The molecule has 2 N–H and O–H groups in total. The Hall–Kier alpha value is -0.830. The molecule has 0 unspecified atom stereocenters. The van der Waals surface area contributed by atoms with Gasteiger partial charge < -0.3 is 5.73 Å². The van der Waals surface area contributed by atoms with E-state index >= 15 is 0 Å². The van der Waals surface area contributed by atoms with Crippen molar-refractivity contribution in [3.05, 3.63) is 17.5 Å². The number of aromatic nitrogens is 2. The first-order chi connectivity index (χ1) is 7.27. The quantitative estimate of drug-likeness (QED) is 0.701. The third-order valence-electron chi connectivity index (χ3n) is 2.76. The summed E-state index contributed by atoms with van der Waals surface area (Å²) in [5.74, 6) is 0. The summed E-state index contributed by atoms with van der Waals surface area (Å²) in [6, 6.07) is 0. The molecule has 0 saturated carbocycles. The molecule has 0 amide bonds. The normalized spacial score (nSPS) is 10.9. The molecule has 3 nitrogen and oxygen atoms in total. The van der Waals surface area contributed by atoms with E-state index in [-0.39, 0.29) is 0 Å². The van der Waals surface area contributed by atoms with Gasteiger partial charge in [-0.25, -0.2) is 0 Å². The predicted molar refractivity (Wildman–Crippen MR) is 63.6 cm³/mol. The Morgan fingerprint density at radius 1 is 1.27 bits per heavy atom. The molecule has 0 aromatic carbocycles. The Balaban J connectivity index is 2.25. The van der Waals surface area contributed by atoms with E-state index in [4.69, 9.17) is 5.73 Å². The smallest absolute Gasteiger partial charge is 0.0638 e. The molecule has 0 radical (unpaired) electrons. The molecule has 0 fully saturated rings. The van der Waals surface area contributed by atoms with Crippen molar-refractivity contribution in [2.45, 2.75) is 59.0 Å². The van der Waals surface area contributed by atoms with Crippen LogP contribution in [0.2, 0.25) is 0 Å². The molecular formula is C12H23N3. The second-order valence-electron chi connectivity index (χ2n) is 4.12. The summed E-state index contributed by atoms with van der Waals surface area (Å²) in [5, 5.41) is 4.44. The number of unbranched alkanes of at least 4 members (excludes halogenated alkanes) is 4. The Morgan fingerprint density at radius 3 is 2.60 bits per heavy atom. The van der Waals surface area contributed by atoms with Crippen LogP contribution in [0, 0.1) is 6.92 Å². The Labute approximate surface area is 92.7 Å². The summed E-state index contributed by atoms with van der Waals surface area (Å²) in [6.45, 7) is 5.90. The maximum atomic E-state index is 5.61. The van der Waals surface area contributed by atoms with Gasteiger partial charge in [-0.15, -0.1) is 0 Å². The van der Waals surface area contributed by atoms with Crippen LogP contribution >= 0.6 is 0 Å². The van der Waals surface area contributed by atoms with E-state index in [1.165, 1.54) is 37.7 Å². The van der Waals surface area contributed by atoms with Gasteiger partial charge in [-0.3, -0.25) is 4.68 Å². The van der Waals surface area contributed by atoms with E-state index in [1.54, 1.807) is 0 Å². The van der Waals surface area contributed by atoms with Crippen LogP contribution in [0.5, 0.6) is 0 Å². The van der Waals surface area contributed by atoms with Gasteiger partial charge in [-0.05, 0) is 13.3 Å². The van der Waals surface area contributed by atoms with Crippen LogP contribution < -0.4 is 5.73 Å². The fraction of sp³-hybridized carbons (Fsp3) is 0.750. The van der Waals surface area contributed by atoms with Crippen LogP contribution in [0.3, 0.4) is 0 Å². The zero-order chi connectivity index (χ0) is 11.1. The minimum atomic E-state index is 0.599. The van der Waals surface area contributed by atoms with Crippen molar-refractivity contribution in [2.24, 2.45) is 5.73 Å². The van der Waals surface area contributed by atoms with Crippen molar-refractivity contribution in [1.82, 2.24) is 9.78 Å². The molecule has 0 saturated heterocycles. The highest BCUT2D eigenvalue weighted by Gasteiger charge is 2.01. The zero-order valence-corrected chi connectivity index (χ0v) is 10.00. The van der Waals surface area contributed by atoms with Crippen molar-refractivity contribution in [3.8, 4) is 0 Å². The lowest BCUT2D eigenvalue weighted by molar-refractivity contribution is 0.531. The average Bonchev–Trinajstić information content (AvgIpc) is 2.59. The molecule has 0 aliphatic rings. The molecule has 0 aliphatic heterocycles. The molecule has 0 bridgehead atoms. The van der Waals surface area contributed by atoms with Crippen LogP contribution in [0.4, 0.5) is 0 Å². The number of hydrogen-bond donors (Lipinski definition) is 1. The van der Waals surface area contributed by atoms with Gasteiger partial charge in [0.15, 0.2) is 0 Å². The van der Waals surface area contributed by atoms with Crippen LogP contribution in [0.1, 0.15) is 50.3 Å². The Kier molecular flexibility index (Phi) is 5.40. The van der Waals surface area contributed by atoms with Gasteiger partial charge in [0.1, 0.15) is 0 Å². The minimum Gasteiger partial charge on any atom is -0.326 e. The maximum absolute atomic E-state index is 5.61. The fourth-order valence-corrected chi connectivity index (χ4v) is 1.75. The van der Waals surface area contributed by atoms with Gasteiger partial charge in [0.2, 0.25) is 0 Å². The van der Waals surface area contributed by atoms with Gasteiger partial charge in [-0.1, -0.05) is 32.6 Å². The lowest BCUT2D eigenvalue weighted by Gasteiger charge is -2.00. The molecule has 0 atom stereocenters. The van der Waals surface area contributed by atoms with Crippen LogP contribution in [-0.2, 0) is 13.1 Å². The van der Waals surface area contributed by atoms with Crippen molar-refractivity contribution in [3.63, 3.8) is 0 Å². The summed E-state index contributed by atoms with van der Waals surface area (Å²) in [7, 11) is 0. The molecule has 0 spiro atoms. The van der Waals surface area contributed by atoms with E-state index in [2.05, 4.69) is 18.2 Å². The third kappa shape index (κ3) is 4.04. The Bertz CT molecular complexity index is 278. The standard InChI is InChI=1S/C12H23N3/c1-3-4-5-6-7-8-15-10-12(9-13)11(2)14-15/h10H,3-9,13H2,1-2H3. The third-order valence-corrected chi connectivity index (χ3v) is 2.76. The summed E-state index contributed by atoms with van der Waals surface area (Å²) in [5.41, 5.74) is 7.85. The van der Waals surface area contributed by atoms with Gasteiger partial charge in [-0.2, -0.15) is 5.10 Å². The summed E-state index contributed by atoms with van der Waals surface area (Å²) in [4.78, 5) is 0. The molecule has 3 heteroatoms. The van der Waals surface area contributed by atoms with E-state index in [1.807, 2.05) is 11.6 Å². The first kappa shape index (κ1) is 12.2. The largest absolute Gasteiger partial charge is 0.326 e. The maximum Gasteiger partial charge on any atom is 0.0638 e. The van der Waals surface area contributed by atoms with Crippen LogP contribution in [0.15, 0.2) is 6.20 Å². The van der Waals surface area contributed by atoms with Gasteiger partial charge in [0, 0.05) is 24.8 Å². The SMILES string of the molecule is CCCCCCCn1cc(CN)c(C)n1. The summed E-state index contributed by atoms with van der Waals surface area (Å²) >= 11 is 0. The zero-order valence-electron chi connectivity index (χ0n) is 10.00. The average molecular weight is 209 g/mol. The molecule has 1 heterocycles. The minimum absolute atomic E-state index is 0.599. The Morgan fingerprint density at radius 2 is 2.00 bits per heavy atom.